The summed E-state index contributed by atoms with van der Waals surface area (Å²) in [6.07, 6.45) is 0.905. The highest BCUT2D eigenvalue weighted by Crippen LogP contribution is 2.28. The van der Waals surface area contributed by atoms with Gasteiger partial charge in [-0.05, 0) is 70.6 Å². The van der Waals surface area contributed by atoms with E-state index in [1.165, 1.54) is 0 Å². The molecule has 0 aromatic heterocycles. The molecule has 1 aliphatic rings. The number of anilines is 1. The summed E-state index contributed by atoms with van der Waals surface area (Å²) in [5.74, 6) is 0.836. The van der Waals surface area contributed by atoms with Crippen LogP contribution in [0.3, 0.4) is 0 Å². The molecule has 1 N–H and O–H groups in total. The van der Waals surface area contributed by atoms with Gasteiger partial charge < -0.3 is 10.1 Å². The van der Waals surface area contributed by atoms with E-state index >= 15 is 0 Å². The molecule has 0 bridgehead atoms. The number of carbonyl (C=O) groups excluding carboxylic acids is 1. The second kappa shape index (κ2) is 5.21. The second-order valence-electron chi connectivity index (χ2n) is 4.38. The lowest BCUT2D eigenvalue weighted by Crippen LogP contribution is -2.11. The fourth-order valence-corrected chi connectivity index (χ4v) is 2.43. The fourth-order valence-electron chi connectivity index (χ4n) is 2.07. The van der Waals surface area contributed by atoms with E-state index in [1.54, 1.807) is 0 Å². The summed E-state index contributed by atoms with van der Waals surface area (Å²) in [5.41, 5.74) is 2.63. The third kappa shape index (κ3) is 2.73. The number of carbonyl (C=O) groups is 1. The summed E-state index contributed by atoms with van der Waals surface area (Å²) in [5, 5.41) is 2.91. The van der Waals surface area contributed by atoms with Crippen LogP contribution in [0.25, 0.3) is 0 Å². The van der Waals surface area contributed by atoms with Gasteiger partial charge >= 0.3 is 0 Å². The van der Waals surface area contributed by atoms with Crippen LogP contribution in [0.15, 0.2) is 42.5 Å². The molecule has 0 saturated carbocycles. The molecule has 4 heteroatoms. The predicted molar refractivity (Wildman–Crippen MR) is 82.8 cm³/mol. The van der Waals surface area contributed by atoms with Gasteiger partial charge in [0.2, 0.25) is 0 Å². The highest BCUT2D eigenvalue weighted by molar-refractivity contribution is 14.1. The van der Waals surface area contributed by atoms with Crippen LogP contribution in [0.4, 0.5) is 5.69 Å². The van der Waals surface area contributed by atoms with Crippen LogP contribution in [0.1, 0.15) is 15.9 Å². The van der Waals surface area contributed by atoms with E-state index < -0.39 is 0 Å². The summed E-state index contributed by atoms with van der Waals surface area (Å²) >= 11 is 2.22. The molecule has 0 spiro atoms. The Labute approximate surface area is 125 Å². The Hall–Kier alpha value is -1.56. The molecule has 1 aliphatic heterocycles. The van der Waals surface area contributed by atoms with Crippen LogP contribution in [-0.2, 0) is 6.42 Å². The first kappa shape index (κ1) is 12.5. The molecule has 0 aliphatic carbocycles. The molecule has 0 fully saturated rings. The van der Waals surface area contributed by atoms with Gasteiger partial charge in [-0.25, -0.2) is 0 Å². The molecule has 0 unspecified atom stereocenters. The molecule has 3 rings (SSSR count). The first-order chi connectivity index (χ1) is 9.22. The summed E-state index contributed by atoms with van der Waals surface area (Å²) in [7, 11) is 0. The second-order valence-corrected chi connectivity index (χ2v) is 5.63. The third-order valence-corrected chi connectivity index (χ3v) is 3.77. The number of benzene rings is 2. The topological polar surface area (TPSA) is 38.3 Å². The Bertz CT molecular complexity index is 623. The number of hydrogen-bond acceptors (Lipinski definition) is 2. The zero-order chi connectivity index (χ0) is 13.2. The van der Waals surface area contributed by atoms with Crippen LogP contribution in [-0.4, -0.2) is 12.5 Å². The summed E-state index contributed by atoms with van der Waals surface area (Å²) in [4.78, 5) is 12.1. The molecule has 0 atom stereocenters. The van der Waals surface area contributed by atoms with Gasteiger partial charge in [-0.2, -0.15) is 0 Å². The van der Waals surface area contributed by atoms with Gasteiger partial charge in [0.05, 0.1) is 6.61 Å². The number of ether oxygens (including phenoxy) is 1. The van der Waals surface area contributed by atoms with E-state index in [4.69, 9.17) is 4.74 Å². The monoisotopic (exact) mass is 365 g/mol. The van der Waals surface area contributed by atoms with Crippen molar-refractivity contribution in [3.63, 3.8) is 0 Å². The van der Waals surface area contributed by atoms with Crippen LogP contribution in [0.5, 0.6) is 5.75 Å². The van der Waals surface area contributed by atoms with Crippen molar-refractivity contribution in [1.29, 1.82) is 0 Å². The molecule has 1 heterocycles. The molecule has 0 radical (unpaired) electrons. The summed E-state index contributed by atoms with van der Waals surface area (Å²) in [6.45, 7) is 0.726. The fraction of sp³-hybridized carbons (Fsp3) is 0.133. The average Bonchev–Trinajstić information content (AvgIpc) is 2.87. The van der Waals surface area contributed by atoms with Gasteiger partial charge in [-0.15, -0.1) is 0 Å². The van der Waals surface area contributed by atoms with Gasteiger partial charge in [-0.3, -0.25) is 4.79 Å². The van der Waals surface area contributed by atoms with Crippen molar-refractivity contribution in [2.45, 2.75) is 6.42 Å². The Balaban J connectivity index is 1.77. The minimum atomic E-state index is -0.0877. The van der Waals surface area contributed by atoms with Crippen molar-refractivity contribution in [1.82, 2.24) is 0 Å². The van der Waals surface area contributed by atoms with Gasteiger partial charge in [0, 0.05) is 21.2 Å². The molecule has 96 valence electrons. The SMILES string of the molecule is O=C(Nc1ccc2c(c1)CCO2)c1ccc(I)cc1. The lowest BCUT2D eigenvalue weighted by Gasteiger charge is -2.07. The zero-order valence-corrected chi connectivity index (χ0v) is 12.3. The van der Waals surface area contributed by atoms with Crippen molar-refractivity contribution in [3.05, 3.63) is 57.2 Å². The molecule has 2 aromatic carbocycles. The van der Waals surface area contributed by atoms with E-state index in [1.807, 2.05) is 42.5 Å². The zero-order valence-electron chi connectivity index (χ0n) is 10.2. The molecular formula is C15H12INO2. The predicted octanol–water partition coefficient (Wildman–Crippen LogP) is 3.48. The van der Waals surface area contributed by atoms with Crippen molar-refractivity contribution < 1.29 is 9.53 Å². The smallest absolute Gasteiger partial charge is 0.255 e. The Morgan fingerprint density at radius 2 is 1.95 bits per heavy atom. The van der Waals surface area contributed by atoms with Crippen LogP contribution >= 0.6 is 22.6 Å². The molecular weight excluding hydrogens is 353 g/mol. The number of nitrogens with one attached hydrogen (secondary N) is 1. The Morgan fingerprint density at radius 3 is 2.74 bits per heavy atom. The van der Waals surface area contributed by atoms with Gasteiger partial charge in [0.25, 0.3) is 5.91 Å². The summed E-state index contributed by atoms with van der Waals surface area (Å²) in [6, 6.07) is 13.3. The molecule has 3 nitrogen and oxygen atoms in total. The normalized spacial score (nSPS) is 12.7. The quantitative estimate of drug-likeness (QED) is 0.828. The maximum absolute atomic E-state index is 12.1. The van der Waals surface area contributed by atoms with E-state index in [9.17, 15) is 4.79 Å². The number of halogens is 1. The van der Waals surface area contributed by atoms with Crippen LogP contribution in [0.2, 0.25) is 0 Å². The van der Waals surface area contributed by atoms with Crippen LogP contribution in [0, 0.1) is 3.57 Å². The lowest BCUT2D eigenvalue weighted by molar-refractivity contribution is 0.102. The maximum atomic E-state index is 12.1. The average molecular weight is 365 g/mol. The molecule has 19 heavy (non-hydrogen) atoms. The lowest BCUT2D eigenvalue weighted by atomic mass is 10.1. The molecule has 2 aromatic rings. The van der Waals surface area contributed by atoms with E-state index in [0.29, 0.717) is 5.56 Å². The van der Waals surface area contributed by atoms with Crippen molar-refractivity contribution in [2.75, 3.05) is 11.9 Å². The Morgan fingerprint density at radius 1 is 1.16 bits per heavy atom. The van der Waals surface area contributed by atoms with Gasteiger partial charge in [0.1, 0.15) is 5.75 Å². The molecule has 1 amide bonds. The number of hydrogen-bond donors (Lipinski definition) is 1. The minimum Gasteiger partial charge on any atom is -0.493 e. The number of rotatable bonds is 2. The minimum absolute atomic E-state index is 0.0877. The molecule has 0 saturated heterocycles. The largest absolute Gasteiger partial charge is 0.493 e. The number of amides is 1. The van der Waals surface area contributed by atoms with E-state index in [2.05, 4.69) is 27.9 Å². The number of fused-ring (bicyclic) bond motifs is 1. The van der Waals surface area contributed by atoms with Crippen molar-refractivity contribution >= 4 is 34.2 Å². The first-order valence-corrected chi connectivity index (χ1v) is 7.13. The highest BCUT2D eigenvalue weighted by Gasteiger charge is 2.13. The van der Waals surface area contributed by atoms with Crippen molar-refractivity contribution in [2.24, 2.45) is 0 Å². The highest BCUT2D eigenvalue weighted by atomic mass is 127. The van der Waals surface area contributed by atoms with E-state index in [0.717, 1.165) is 33.6 Å². The van der Waals surface area contributed by atoms with Gasteiger partial charge in [0.15, 0.2) is 0 Å². The summed E-state index contributed by atoms with van der Waals surface area (Å²) < 4.78 is 6.56. The van der Waals surface area contributed by atoms with Gasteiger partial charge in [-0.1, -0.05) is 0 Å². The third-order valence-electron chi connectivity index (χ3n) is 3.05. The standard InChI is InChI=1S/C15H12INO2/c16-12-3-1-10(2-4-12)15(18)17-13-5-6-14-11(9-13)7-8-19-14/h1-6,9H,7-8H2,(H,17,18). The Kier molecular flexibility index (Phi) is 3.42. The van der Waals surface area contributed by atoms with Crippen molar-refractivity contribution in [3.8, 4) is 5.75 Å². The first-order valence-electron chi connectivity index (χ1n) is 6.05. The van der Waals surface area contributed by atoms with E-state index in [-0.39, 0.29) is 5.91 Å². The van der Waals surface area contributed by atoms with Crippen LogP contribution < -0.4 is 10.1 Å². The maximum Gasteiger partial charge on any atom is 0.255 e.